The minimum absolute atomic E-state index is 0.0459. The summed E-state index contributed by atoms with van der Waals surface area (Å²) < 4.78 is 0. The third-order valence-electron chi connectivity index (χ3n) is 8.61. The maximum atomic E-state index is 12.4. The van der Waals surface area contributed by atoms with Crippen molar-refractivity contribution in [3.63, 3.8) is 0 Å². The minimum atomic E-state index is -0.942. The predicted octanol–water partition coefficient (Wildman–Crippen LogP) is 10.8. The van der Waals surface area contributed by atoms with Gasteiger partial charge in [-0.3, -0.25) is 4.79 Å². The van der Waals surface area contributed by atoms with E-state index in [0.717, 1.165) is 32.1 Å². The molecule has 250 valence electrons. The average molecular weight is 594 g/mol. The molecular weight excluding hydrogens is 518 g/mol. The number of hydrogen-bond acceptors (Lipinski definition) is 3. The summed E-state index contributed by atoms with van der Waals surface area (Å²) in [6.07, 6.45) is 45.2. The van der Waals surface area contributed by atoms with Crippen LogP contribution in [0.2, 0.25) is 0 Å². The van der Waals surface area contributed by atoms with E-state index >= 15 is 0 Å². The molecule has 1 amide bonds. The molecule has 0 saturated heterocycles. The van der Waals surface area contributed by atoms with Crippen LogP contribution >= 0.6 is 0 Å². The van der Waals surface area contributed by atoms with E-state index in [4.69, 9.17) is 0 Å². The van der Waals surface area contributed by atoms with Crippen LogP contribution in [0.1, 0.15) is 206 Å². The van der Waals surface area contributed by atoms with Gasteiger partial charge in [0, 0.05) is 0 Å². The van der Waals surface area contributed by atoms with E-state index in [1.54, 1.807) is 0 Å². The van der Waals surface area contributed by atoms with Gasteiger partial charge in [-0.1, -0.05) is 194 Å². The second-order valence-electron chi connectivity index (χ2n) is 12.7. The van der Waals surface area contributed by atoms with Crippen LogP contribution in [-0.4, -0.2) is 34.9 Å². The molecule has 0 aliphatic rings. The summed E-state index contributed by atoms with van der Waals surface area (Å²) in [7, 11) is 0. The summed E-state index contributed by atoms with van der Waals surface area (Å²) in [5.74, 6) is -0.306. The van der Waals surface area contributed by atoms with Gasteiger partial charge in [0.15, 0.2) is 0 Å². The van der Waals surface area contributed by atoms with Gasteiger partial charge in [-0.15, -0.1) is 12.8 Å². The van der Waals surface area contributed by atoms with Crippen LogP contribution in [0.5, 0.6) is 0 Å². The lowest BCUT2D eigenvalue weighted by Crippen LogP contribution is -2.43. The van der Waals surface area contributed by atoms with E-state index in [2.05, 4.69) is 32.0 Å². The number of aliphatic hydroxyl groups is 2. The SMILES string of the molecule is C#C.CCCCCCCCCCCCCCCCC(CO)NC(=O)C(O)CCCCCCCCCCCCCCCC. The van der Waals surface area contributed by atoms with Crippen LogP contribution in [0.15, 0.2) is 0 Å². The number of aliphatic hydroxyl groups excluding tert-OH is 2. The number of unbranched alkanes of at least 4 members (excludes halogenated alkanes) is 26. The molecule has 0 aromatic rings. The molecule has 0 rings (SSSR count). The van der Waals surface area contributed by atoms with Gasteiger partial charge in [-0.2, -0.15) is 0 Å². The Hall–Kier alpha value is -1.05. The van der Waals surface area contributed by atoms with E-state index in [1.807, 2.05) is 0 Å². The first-order chi connectivity index (χ1) is 20.7. The first-order valence-electron chi connectivity index (χ1n) is 18.6. The van der Waals surface area contributed by atoms with Crippen LogP contribution in [0, 0.1) is 12.8 Å². The zero-order chi connectivity index (χ0) is 31.4. The Morgan fingerprint density at radius 1 is 0.500 bits per heavy atom. The third kappa shape index (κ3) is 33.5. The van der Waals surface area contributed by atoms with Crippen LogP contribution in [0.4, 0.5) is 0 Å². The van der Waals surface area contributed by atoms with E-state index in [-0.39, 0.29) is 18.6 Å². The van der Waals surface area contributed by atoms with Gasteiger partial charge in [0.05, 0.1) is 12.6 Å². The highest BCUT2D eigenvalue weighted by Gasteiger charge is 2.18. The average Bonchev–Trinajstić information content (AvgIpc) is 3.01. The molecule has 0 spiro atoms. The highest BCUT2D eigenvalue weighted by Crippen LogP contribution is 2.15. The third-order valence-corrected chi connectivity index (χ3v) is 8.61. The van der Waals surface area contributed by atoms with Gasteiger partial charge in [0.25, 0.3) is 0 Å². The van der Waals surface area contributed by atoms with Crippen molar-refractivity contribution in [2.24, 2.45) is 0 Å². The van der Waals surface area contributed by atoms with Crippen molar-refractivity contribution < 1.29 is 15.0 Å². The molecule has 0 saturated carbocycles. The van der Waals surface area contributed by atoms with Gasteiger partial charge in [-0.25, -0.2) is 0 Å². The Labute approximate surface area is 264 Å². The number of terminal acetylenes is 1. The zero-order valence-corrected chi connectivity index (χ0v) is 28.5. The molecular formula is C38H75NO3. The molecule has 0 bridgehead atoms. The van der Waals surface area contributed by atoms with Crippen LogP contribution < -0.4 is 5.32 Å². The van der Waals surface area contributed by atoms with Crippen LogP contribution in [-0.2, 0) is 4.79 Å². The molecule has 0 radical (unpaired) electrons. The summed E-state index contributed by atoms with van der Waals surface area (Å²) in [5.41, 5.74) is 0. The molecule has 2 unspecified atom stereocenters. The van der Waals surface area contributed by atoms with Crippen molar-refractivity contribution in [3.05, 3.63) is 0 Å². The van der Waals surface area contributed by atoms with Crippen LogP contribution in [0.25, 0.3) is 0 Å². The first-order valence-corrected chi connectivity index (χ1v) is 18.6. The van der Waals surface area contributed by atoms with Crippen molar-refractivity contribution in [1.29, 1.82) is 0 Å². The van der Waals surface area contributed by atoms with E-state index in [1.165, 1.54) is 154 Å². The Kier molecular flexibility index (Phi) is 39.0. The maximum absolute atomic E-state index is 12.4. The Morgan fingerprint density at radius 3 is 1.05 bits per heavy atom. The molecule has 0 aliphatic heterocycles. The lowest BCUT2D eigenvalue weighted by Gasteiger charge is -2.19. The fraction of sp³-hybridized carbons (Fsp3) is 0.921. The maximum Gasteiger partial charge on any atom is 0.249 e. The molecule has 0 aromatic heterocycles. The fourth-order valence-corrected chi connectivity index (χ4v) is 5.76. The van der Waals surface area contributed by atoms with Crippen molar-refractivity contribution in [2.45, 2.75) is 219 Å². The second-order valence-corrected chi connectivity index (χ2v) is 12.7. The summed E-state index contributed by atoms with van der Waals surface area (Å²) >= 11 is 0. The van der Waals surface area contributed by atoms with Gasteiger partial charge >= 0.3 is 0 Å². The van der Waals surface area contributed by atoms with Crippen molar-refractivity contribution in [3.8, 4) is 12.8 Å². The first kappa shape index (κ1) is 43.1. The largest absolute Gasteiger partial charge is 0.394 e. The number of carbonyl (C=O) groups excluding carboxylic acids is 1. The van der Waals surface area contributed by atoms with E-state index in [0.29, 0.717) is 6.42 Å². The highest BCUT2D eigenvalue weighted by molar-refractivity contribution is 5.80. The fourth-order valence-electron chi connectivity index (χ4n) is 5.76. The Bertz CT molecular complexity index is 536. The molecule has 0 aliphatic carbocycles. The topological polar surface area (TPSA) is 69.6 Å². The minimum Gasteiger partial charge on any atom is -0.394 e. The summed E-state index contributed by atoms with van der Waals surface area (Å²) in [4.78, 5) is 12.4. The van der Waals surface area contributed by atoms with Gasteiger partial charge < -0.3 is 15.5 Å². The standard InChI is InChI=1S/C36H73NO3.C2H2/c1-3-5-7-9-11-13-15-17-19-21-23-25-27-29-31-34(33-38)37-36(40)35(39)32-30-28-26-24-22-20-18-16-14-12-10-8-6-4-2;1-2/h34-35,38-39H,3-33H2,1-2H3,(H,37,40);1-2H. The molecule has 4 nitrogen and oxygen atoms in total. The second kappa shape index (κ2) is 38.0. The summed E-state index contributed by atoms with van der Waals surface area (Å²) in [6, 6.07) is -0.226. The molecule has 3 N–H and O–H groups in total. The van der Waals surface area contributed by atoms with Crippen molar-refractivity contribution in [2.75, 3.05) is 6.61 Å². The molecule has 4 heteroatoms. The quantitative estimate of drug-likeness (QED) is 0.0523. The lowest BCUT2D eigenvalue weighted by atomic mass is 10.0. The normalized spacial score (nSPS) is 12.4. The number of amides is 1. The molecule has 0 fully saturated rings. The van der Waals surface area contributed by atoms with Gasteiger partial charge in [-0.05, 0) is 12.8 Å². The van der Waals surface area contributed by atoms with Crippen molar-refractivity contribution >= 4 is 5.91 Å². The summed E-state index contributed by atoms with van der Waals surface area (Å²) in [6.45, 7) is 4.50. The van der Waals surface area contributed by atoms with E-state index < -0.39 is 6.10 Å². The molecule has 0 aromatic carbocycles. The predicted molar refractivity (Wildman–Crippen MR) is 185 cm³/mol. The van der Waals surface area contributed by atoms with Gasteiger partial charge in [0.1, 0.15) is 6.10 Å². The molecule has 42 heavy (non-hydrogen) atoms. The number of nitrogens with one attached hydrogen (secondary N) is 1. The number of carbonyl (C=O) groups is 1. The Balaban J connectivity index is 0. The lowest BCUT2D eigenvalue weighted by molar-refractivity contribution is -0.130. The van der Waals surface area contributed by atoms with E-state index in [9.17, 15) is 15.0 Å². The molecule has 2 atom stereocenters. The molecule has 0 heterocycles. The number of rotatable bonds is 33. The smallest absolute Gasteiger partial charge is 0.249 e. The van der Waals surface area contributed by atoms with Crippen molar-refractivity contribution in [1.82, 2.24) is 5.32 Å². The van der Waals surface area contributed by atoms with Gasteiger partial charge in [0.2, 0.25) is 5.91 Å². The number of hydrogen-bond donors (Lipinski definition) is 3. The highest BCUT2D eigenvalue weighted by atomic mass is 16.3. The Morgan fingerprint density at radius 2 is 0.762 bits per heavy atom. The summed E-state index contributed by atoms with van der Waals surface area (Å²) in [5, 5.41) is 22.8. The zero-order valence-electron chi connectivity index (χ0n) is 28.5. The van der Waals surface area contributed by atoms with Crippen LogP contribution in [0.3, 0.4) is 0 Å². The monoisotopic (exact) mass is 594 g/mol.